The summed E-state index contributed by atoms with van der Waals surface area (Å²) in [5.41, 5.74) is 5.74. The molecule has 0 fully saturated rings. The number of hydrogen-bond acceptors (Lipinski definition) is 3. The van der Waals surface area contributed by atoms with Crippen molar-refractivity contribution >= 4 is 23.5 Å². The fourth-order valence-electron chi connectivity index (χ4n) is 2.15. The van der Waals surface area contributed by atoms with Gasteiger partial charge in [-0.25, -0.2) is 0 Å². The number of unbranched alkanes of at least 4 members (excludes halogenated alkanes) is 1. The van der Waals surface area contributed by atoms with E-state index in [0.29, 0.717) is 6.61 Å². The topological polar surface area (TPSA) is 9.23 Å². The van der Waals surface area contributed by atoms with Gasteiger partial charge in [0.2, 0.25) is 0 Å². The van der Waals surface area contributed by atoms with Crippen molar-refractivity contribution in [3.63, 3.8) is 0 Å². The van der Waals surface area contributed by atoms with E-state index in [1.165, 1.54) is 26.0 Å². The van der Waals surface area contributed by atoms with Crippen molar-refractivity contribution in [1.29, 1.82) is 0 Å². The predicted molar refractivity (Wildman–Crippen MR) is 91.6 cm³/mol. The van der Waals surface area contributed by atoms with Crippen LogP contribution in [0.2, 0.25) is 0 Å². The van der Waals surface area contributed by atoms with Crippen LogP contribution in [-0.2, 0) is 4.74 Å². The summed E-state index contributed by atoms with van der Waals surface area (Å²) in [6.45, 7) is 3.69. The molecule has 3 rings (SSSR count). The Hall–Kier alpha value is -1.12. The number of hydrogen-bond donors (Lipinski definition) is 0. The van der Waals surface area contributed by atoms with Gasteiger partial charge in [0.05, 0.1) is 10.8 Å². The first-order valence-corrected chi connectivity index (χ1v) is 8.91. The van der Waals surface area contributed by atoms with E-state index in [0.717, 1.165) is 18.6 Å². The number of rotatable bonds is 6. The molecular formula is C18H18OS2. The number of allylic oxidation sites excluding steroid dienone is 2. The third kappa shape index (κ3) is 3.56. The van der Waals surface area contributed by atoms with Gasteiger partial charge in [-0.3, -0.25) is 0 Å². The minimum atomic E-state index is 0.670. The zero-order chi connectivity index (χ0) is 14.5. The maximum absolute atomic E-state index is 5.87. The summed E-state index contributed by atoms with van der Waals surface area (Å²) >= 11 is 3.70. The Morgan fingerprint density at radius 2 is 1.95 bits per heavy atom. The molecule has 0 aromatic heterocycles. The summed E-state index contributed by atoms with van der Waals surface area (Å²) in [4.78, 5) is 2.69. The predicted octanol–water partition coefficient (Wildman–Crippen LogP) is 5.56. The second kappa shape index (κ2) is 7.24. The highest BCUT2D eigenvalue weighted by Gasteiger charge is 2.22. The zero-order valence-corrected chi connectivity index (χ0v) is 13.7. The van der Waals surface area contributed by atoms with E-state index < -0.39 is 0 Å². The number of fused-ring (bicyclic) bond motifs is 1. The number of thioether (sulfide) groups is 2. The quantitative estimate of drug-likeness (QED) is 0.502. The molecule has 0 spiro atoms. The number of benzene rings is 1. The van der Waals surface area contributed by atoms with Crippen molar-refractivity contribution in [2.24, 2.45) is 0 Å². The lowest BCUT2D eigenvalue weighted by Crippen LogP contribution is -2.02. The monoisotopic (exact) mass is 314 g/mol. The van der Waals surface area contributed by atoms with Gasteiger partial charge in [0.1, 0.15) is 0 Å². The van der Waals surface area contributed by atoms with Gasteiger partial charge < -0.3 is 4.74 Å². The highest BCUT2D eigenvalue weighted by Crippen LogP contribution is 2.53. The molecule has 108 valence electrons. The van der Waals surface area contributed by atoms with Crippen LogP contribution >= 0.6 is 23.5 Å². The Morgan fingerprint density at radius 1 is 1.19 bits per heavy atom. The van der Waals surface area contributed by atoms with Crippen LogP contribution in [0.4, 0.5) is 0 Å². The van der Waals surface area contributed by atoms with E-state index in [1.54, 1.807) is 0 Å². The summed E-state index contributed by atoms with van der Waals surface area (Å²) in [7, 11) is 0. The zero-order valence-electron chi connectivity index (χ0n) is 12.1. The fourth-order valence-corrected chi connectivity index (χ4v) is 4.72. The minimum Gasteiger partial charge on any atom is -0.377 e. The van der Waals surface area contributed by atoms with Crippen molar-refractivity contribution in [3.05, 3.63) is 63.6 Å². The molecule has 1 heterocycles. The molecule has 0 unspecified atom stereocenters. The third-order valence-electron chi connectivity index (χ3n) is 3.31. The normalized spacial score (nSPS) is 15.5. The van der Waals surface area contributed by atoms with Crippen molar-refractivity contribution < 1.29 is 4.74 Å². The van der Waals surface area contributed by atoms with E-state index in [4.69, 9.17) is 4.74 Å². The van der Waals surface area contributed by atoms with Crippen LogP contribution in [0.1, 0.15) is 19.8 Å². The molecule has 1 aromatic carbocycles. The van der Waals surface area contributed by atoms with E-state index in [2.05, 4.69) is 43.0 Å². The van der Waals surface area contributed by atoms with Crippen molar-refractivity contribution in [2.45, 2.75) is 29.6 Å². The van der Waals surface area contributed by atoms with Gasteiger partial charge in [-0.2, -0.15) is 0 Å². The molecule has 0 saturated carbocycles. The first kappa shape index (κ1) is 14.8. The fraction of sp³-hybridized carbons (Fsp3) is 0.278. The van der Waals surface area contributed by atoms with Gasteiger partial charge >= 0.3 is 0 Å². The van der Waals surface area contributed by atoms with E-state index in [9.17, 15) is 0 Å². The molecule has 0 radical (unpaired) electrons. The Kier molecular flexibility index (Phi) is 5.10. The first-order chi connectivity index (χ1) is 10.4. The highest BCUT2D eigenvalue weighted by molar-refractivity contribution is 8.24. The van der Waals surface area contributed by atoms with Crippen molar-refractivity contribution in [3.8, 4) is 0 Å². The molecule has 2 aliphatic rings. The van der Waals surface area contributed by atoms with Gasteiger partial charge in [-0.1, -0.05) is 55.1 Å². The van der Waals surface area contributed by atoms with Crippen LogP contribution in [0.25, 0.3) is 0 Å². The number of ether oxygens (including phenoxy) is 1. The Balaban J connectivity index is 1.81. The van der Waals surface area contributed by atoms with Crippen LogP contribution in [-0.4, -0.2) is 13.2 Å². The van der Waals surface area contributed by atoms with E-state index >= 15 is 0 Å². The van der Waals surface area contributed by atoms with Gasteiger partial charge in [0, 0.05) is 27.5 Å². The molecule has 1 aliphatic carbocycles. The van der Waals surface area contributed by atoms with Crippen LogP contribution in [0.3, 0.4) is 0 Å². The molecule has 1 nitrogen and oxygen atoms in total. The average molecular weight is 314 g/mol. The summed E-state index contributed by atoms with van der Waals surface area (Å²) in [6.07, 6.45) is 8.42. The third-order valence-corrected chi connectivity index (χ3v) is 5.96. The molecule has 1 aromatic rings. The maximum Gasteiger partial charge on any atom is 0.0745 e. The van der Waals surface area contributed by atoms with Crippen LogP contribution in [0.15, 0.2) is 73.4 Å². The summed E-state index contributed by atoms with van der Waals surface area (Å²) in [5.74, 6) is 0. The van der Waals surface area contributed by atoms with E-state index in [-0.39, 0.29) is 0 Å². The Labute approximate surface area is 134 Å². The van der Waals surface area contributed by atoms with Gasteiger partial charge in [0.25, 0.3) is 0 Å². The molecule has 0 bridgehead atoms. The lowest BCUT2D eigenvalue weighted by molar-refractivity contribution is 0.154. The molecule has 0 atom stereocenters. The molecule has 21 heavy (non-hydrogen) atoms. The molecule has 1 aliphatic heterocycles. The van der Waals surface area contributed by atoms with Crippen LogP contribution in [0, 0.1) is 0 Å². The second-order valence-corrected chi connectivity index (χ2v) is 7.27. The highest BCUT2D eigenvalue weighted by atomic mass is 32.2. The Bertz CT molecular complexity index is 622. The van der Waals surface area contributed by atoms with Crippen LogP contribution in [0.5, 0.6) is 0 Å². The summed E-state index contributed by atoms with van der Waals surface area (Å²) < 4.78 is 7.20. The van der Waals surface area contributed by atoms with E-state index in [1.807, 2.05) is 35.7 Å². The summed E-state index contributed by atoms with van der Waals surface area (Å²) in [6, 6.07) is 8.57. The van der Waals surface area contributed by atoms with Crippen molar-refractivity contribution in [2.75, 3.05) is 13.2 Å². The lowest BCUT2D eigenvalue weighted by atomic mass is 10.1. The van der Waals surface area contributed by atoms with Gasteiger partial charge in [-0.05, 0) is 30.7 Å². The van der Waals surface area contributed by atoms with Crippen LogP contribution < -0.4 is 0 Å². The largest absolute Gasteiger partial charge is 0.377 e. The average Bonchev–Trinajstić information content (AvgIpc) is 3.16. The molecule has 3 heteroatoms. The smallest absolute Gasteiger partial charge is 0.0745 e. The molecule has 0 amide bonds. The SMILES string of the molecule is CCCCOCC(C1=C=CC=C1)=C1Sc2ccccc2S1. The summed E-state index contributed by atoms with van der Waals surface area (Å²) in [5, 5.41) is 0. The lowest BCUT2D eigenvalue weighted by Gasteiger charge is -2.10. The minimum absolute atomic E-state index is 0.670. The standard InChI is InChI=1S/C18H18OS2/c1-2-3-12-19-13-15(14-8-4-5-9-14)18-20-16-10-6-7-11-17(16)21-18/h4-8,10-11H,2-3,12-13H2,1H3. The maximum atomic E-state index is 5.87. The molecule has 0 saturated heterocycles. The first-order valence-electron chi connectivity index (χ1n) is 7.28. The van der Waals surface area contributed by atoms with Gasteiger partial charge in [-0.15, -0.1) is 5.73 Å². The van der Waals surface area contributed by atoms with Gasteiger partial charge in [0.15, 0.2) is 0 Å². The molecular weight excluding hydrogens is 296 g/mol. The second-order valence-electron chi connectivity index (χ2n) is 4.91. The Morgan fingerprint density at radius 3 is 2.57 bits per heavy atom. The molecule has 0 N–H and O–H groups in total. The van der Waals surface area contributed by atoms with Crippen molar-refractivity contribution in [1.82, 2.24) is 0 Å².